The minimum Gasteiger partial charge on any atom is -0.357 e. The van der Waals surface area contributed by atoms with Gasteiger partial charge in [0, 0.05) is 31.7 Å². The number of likely N-dealkylation sites (N-methyl/N-ethyl adjacent to an activating group) is 1. The van der Waals surface area contributed by atoms with Crippen molar-refractivity contribution in [2.24, 2.45) is 0 Å². The predicted octanol–water partition coefficient (Wildman–Crippen LogP) is 1.67. The highest BCUT2D eigenvalue weighted by Crippen LogP contribution is 2.19. The normalized spacial score (nSPS) is 16.9. The van der Waals surface area contributed by atoms with Crippen LogP contribution in [0.5, 0.6) is 0 Å². The number of hydrogen-bond acceptors (Lipinski definition) is 3. The Morgan fingerprint density at radius 2 is 2.21 bits per heavy atom. The number of anilines is 1. The third kappa shape index (κ3) is 3.56. The van der Waals surface area contributed by atoms with Gasteiger partial charge in [-0.05, 0) is 36.6 Å². The largest absolute Gasteiger partial charge is 0.357 e. The SMILES string of the molecule is CNC(=O)[C@H]1CCCN1C(=O)Nc1cccc(Cn2cccn2)c1. The van der Waals surface area contributed by atoms with E-state index in [2.05, 4.69) is 15.7 Å². The summed E-state index contributed by atoms with van der Waals surface area (Å²) >= 11 is 0. The molecule has 0 radical (unpaired) electrons. The Hall–Kier alpha value is -2.83. The Morgan fingerprint density at radius 1 is 1.33 bits per heavy atom. The molecule has 24 heavy (non-hydrogen) atoms. The lowest BCUT2D eigenvalue weighted by molar-refractivity contribution is -0.124. The summed E-state index contributed by atoms with van der Waals surface area (Å²) in [7, 11) is 1.59. The molecule has 3 amide bonds. The molecule has 7 nitrogen and oxygen atoms in total. The van der Waals surface area contributed by atoms with E-state index >= 15 is 0 Å². The average Bonchev–Trinajstić information content (AvgIpc) is 3.25. The van der Waals surface area contributed by atoms with Crippen LogP contribution in [0, 0.1) is 0 Å². The Kier molecular flexibility index (Phi) is 4.79. The second kappa shape index (κ2) is 7.16. The molecular formula is C17H21N5O2. The van der Waals surface area contributed by atoms with Crippen LogP contribution in [0.25, 0.3) is 0 Å². The van der Waals surface area contributed by atoms with Gasteiger partial charge < -0.3 is 15.5 Å². The van der Waals surface area contributed by atoms with Crippen molar-refractivity contribution in [2.45, 2.75) is 25.4 Å². The van der Waals surface area contributed by atoms with Gasteiger partial charge in [-0.3, -0.25) is 9.48 Å². The van der Waals surface area contributed by atoms with Gasteiger partial charge in [0.05, 0.1) is 6.54 Å². The van der Waals surface area contributed by atoms with E-state index in [4.69, 9.17) is 0 Å². The van der Waals surface area contributed by atoms with E-state index in [1.54, 1.807) is 18.1 Å². The monoisotopic (exact) mass is 327 g/mol. The molecule has 0 aliphatic carbocycles. The van der Waals surface area contributed by atoms with Gasteiger partial charge in [-0.15, -0.1) is 0 Å². The van der Waals surface area contributed by atoms with Crippen molar-refractivity contribution in [2.75, 3.05) is 18.9 Å². The molecule has 1 aromatic heterocycles. The second-order valence-corrected chi connectivity index (χ2v) is 5.80. The number of rotatable bonds is 4. The third-order valence-electron chi connectivity index (χ3n) is 4.14. The number of nitrogens with one attached hydrogen (secondary N) is 2. The van der Waals surface area contributed by atoms with E-state index in [9.17, 15) is 9.59 Å². The first-order chi connectivity index (χ1) is 11.7. The number of aromatic nitrogens is 2. The summed E-state index contributed by atoms with van der Waals surface area (Å²) in [5.41, 5.74) is 1.76. The number of amides is 3. The first kappa shape index (κ1) is 16.0. The van der Waals surface area contributed by atoms with E-state index in [0.717, 1.165) is 12.0 Å². The molecule has 0 bridgehead atoms. The van der Waals surface area contributed by atoms with Crippen molar-refractivity contribution in [3.63, 3.8) is 0 Å². The number of urea groups is 1. The Morgan fingerprint density at radius 3 is 2.96 bits per heavy atom. The maximum atomic E-state index is 12.5. The van der Waals surface area contributed by atoms with Crippen LogP contribution in [0.1, 0.15) is 18.4 Å². The lowest BCUT2D eigenvalue weighted by atomic mass is 10.2. The first-order valence-electron chi connectivity index (χ1n) is 8.03. The zero-order chi connectivity index (χ0) is 16.9. The lowest BCUT2D eigenvalue weighted by Gasteiger charge is -2.23. The zero-order valence-electron chi connectivity index (χ0n) is 13.6. The number of carbonyl (C=O) groups excluding carboxylic acids is 2. The van der Waals surface area contributed by atoms with Crippen LogP contribution in [0.3, 0.4) is 0 Å². The van der Waals surface area contributed by atoms with Gasteiger partial charge in [-0.1, -0.05) is 12.1 Å². The molecule has 2 heterocycles. The maximum absolute atomic E-state index is 12.5. The molecule has 2 aromatic rings. The van der Waals surface area contributed by atoms with Gasteiger partial charge in [0.15, 0.2) is 0 Å². The molecule has 1 atom stereocenters. The Labute approximate surface area is 140 Å². The molecule has 0 unspecified atom stereocenters. The van der Waals surface area contributed by atoms with Crippen molar-refractivity contribution in [1.82, 2.24) is 20.0 Å². The first-order valence-corrected chi connectivity index (χ1v) is 8.03. The molecule has 126 valence electrons. The van der Waals surface area contributed by atoms with Crippen LogP contribution in [-0.2, 0) is 11.3 Å². The fourth-order valence-electron chi connectivity index (χ4n) is 2.97. The van der Waals surface area contributed by atoms with Crippen molar-refractivity contribution < 1.29 is 9.59 Å². The summed E-state index contributed by atoms with van der Waals surface area (Å²) in [6.45, 7) is 1.23. The quantitative estimate of drug-likeness (QED) is 0.896. The summed E-state index contributed by atoms with van der Waals surface area (Å²) in [6, 6.07) is 8.90. The predicted molar refractivity (Wildman–Crippen MR) is 90.6 cm³/mol. The van der Waals surface area contributed by atoms with Crippen LogP contribution in [-0.4, -0.2) is 46.3 Å². The van der Waals surface area contributed by atoms with Gasteiger partial charge in [0.2, 0.25) is 5.91 Å². The smallest absolute Gasteiger partial charge is 0.322 e. The summed E-state index contributed by atoms with van der Waals surface area (Å²) in [6.07, 6.45) is 5.17. The summed E-state index contributed by atoms with van der Waals surface area (Å²) < 4.78 is 1.82. The Bertz CT molecular complexity index is 714. The fraction of sp³-hybridized carbons (Fsp3) is 0.353. The molecule has 1 saturated heterocycles. The molecule has 1 aliphatic heterocycles. The minimum absolute atomic E-state index is 0.116. The van der Waals surface area contributed by atoms with Crippen molar-refractivity contribution in [3.8, 4) is 0 Å². The van der Waals surface area contributed by atoms with Crippen LogP contribution < -0.4 is 10.6 Å². The highest BCUT2D eigenvalue weighted by Gasteiger charge is 2.33. The number of benzene rings is 1. The van der Waals surface area contributed by atoms with E-state index in [-0.39, 0.29) is 18.0 Å². The van der Waals surface area contributed by atoms with E-state index in [1.807, 2.05) is 41.2 Å². The van der Waals surface area contributed by atoms with Crippen molar-refractivity contribution >= 4 is 17.6 Å². The molecule has 0 saturated carbocycles. The topological polar surface area (TPSA) is 79.3 Å². The molecule has 1 aromatic carbocycles. The Balaban J connectivity index is 1.67. The third-order valence-corrected chi connectivity index (χ3v) is 4.14. The molecule has 0 spiro atoms. The van der Waals surface area contributed by atoms with Crippen molar-refractivity contribution in [1.29, 1.82) is 0 Å². The maximum Gasteiger partial charge on any atom is 0.322 e. The standard InChI is InChI=1S/C17H21N5O2/c1-18-16(23)15-7-3-10-22(15)17(24)20-14-6-2-5-13(11-14)12-21-9-4-8-19-21/h2,4-6,8-9,11,15H,3,7,10,12H2,1H3,(H,18,23)(H,20,24)/t15-/m1/s1. The van der Waals surface area contributed by atoms with E-state index in [0.29, 0.717) is 25.2 Å². The van der Waals surface area contributed by atoms with Crippen molar-refractivity contribution in [3.05, 3.63) is 48.3 Å². The van der Waals surface area contributed by atoms with Crippen LogP contribution >= 0.6 is 0 Å². The summed E-state index contributed by atoms with van der Waals surface area (Å²) in [4.78, 5) is 26.0. The highest BCUT2D eigenvalue weighted by atomic mass is 16.2. The van der Waals surface area contributed by atoms with Gasteiger partial charge in [-0.25, -0.2) is 4.79 Å². The van der Waals surface area contributed by atoms with Crippen LogP contribution in [0.15, 0.2) is 42.7 Å². The number of carbonyl (C=O) groups is 2. The number of likely N-dealkylation sites (tertiary alicyclic amines) is 1. The van der Waals surface area contributed by atoms with E-state index < -0.39 is 0 Å². The van der Waals surface area contributed by atoms with Gasteiger partial charge in [-0.2, -0.15) is 5.10 Å². The van der Waals surface area contributed by atoms with Crippen LogP contribution in [0.4, 0.5) is 10.5 Å². The van der Waals surface area contributed by atoms with Gasteiger partial charge in [0.25, 0.3) is 0 Å². The average molecular weight is 327 g/mol. The highest BCUT2D eigenvalue weighted by molar-refractivity contribution is 5.94. The van der Waals surface area contributed by atoms with Gasteiger partial charge in [0.1, 0.15) is 6.04 Å². The minimum atomic E-state index is -0.387. The van der Waals surface area contributed by atoms with E-state index in [1.165, 1.54) is 0 Å². The molecule has 7 heteroatoms. The molecule has 2 N–H and O–H groups in total. The number of nitrogens with zero attached hydrogens (tertiary/aromatic N) is 3. The molecular weight excluding hydrogens is 306 g/mol. The lowest BCUT2D eigenvalue weighted by Crippen LogP contribution is -2.46. The second-order valence-electron chi connectivity index (χ2n) is 5.80. The molecule has 3 rings (SSSR count). The molecule has 1 fully saturated rings. The fourth-order valence-corrected chi connectivity index (χ4v) is 2.97. The molecule has 1 aliphatic rings. The number of hydrogen-bond donors (Lipinski definition) is 2. The van der Waals surface area contributed by atoms with Crippen LogP contribution in [0.2, 0.25) is 0 Å². The van der Waals surface area contributed by atoms with Gasteiger partial charge >= 0.3 is 6.03 Å². The summed E-state index contributed by atoms with van der Waals surface area (Å²) in [5, 5.41) is 9.69. The summed E-state index contributed by atoms with van der Waals surface area (Å²) in [5.74, 6) is -0.116. The zero-order valence-corrected chi connectivity index (χ0v) is 13.6.